The molecule has 5 nitrogen and oxygen atoms in total. The van der Waals surface area contributed by atoms with Gasteiger partial charge in [0.15, 0.2) is 0 Å². The minimum absolute atomic E-state index is 0.0380. The molecule has 0 radical (unpaired) electrons. The van der Waals surface area contributed by atoms with E-state index >= 15 is 0 Å². The summed E-state index contributed by atoms with van der Waals surface area (Å²) in [5, 5.41) is 0.0380. The van der Waals surface area contributed by atoms with Crippen LogP contribution in [0.1, 0.15) is 26.2 Å². The Labute approximate surface area is 106 Å². The fourth-order valence-corrected chi connectivity index (χ4v) is 3.09. The molecule has 1 aromatic rings. The van der Waals surface area contributed by atoms with E-state index in [1.54, 1.807) is 0 Å². The van der Waals surface area contributed by atoms with Gasteiger partial charge in [-0.1, -0.05) is 6.42 Å². The van der Waals surface area contributed by atoms with Crippen molar-refractivity contribution < 1.29 is 8.42 Å². The Balaban J connectivity index is 2.10. The maximum absolute atomic E-state index is 12.0. The number of sulfonamides is 1. The molecule has 7 heteroatoms. The van der Waals surface area contributed by atoms with Crippen molar-refractivity contribution in [3.05, 3.63) is 17.7 Å². The highest BCUT2D eigenvalue weighted by Gasteiger charge is 2.28. The van der Waals surface area contributed by atoms with E-state index in [1.807, 2.05) is 6.92 Å². The van der Waals surface area contributed by atoms with E-state index in [1.165, 1.54) is 18.8 Å². The highest BCUT2D eigenvalue weighted by molar-refractivity contribution is 7.89. The molecule has 1 fully saturated rings. The number of nitrogens with one attached hydrogen (secondary N) is 1. The van der Waals surface area contributed by atoms with Gasteiger partial charge in [0.25, 0.3) is 0 Å². The third-order valence-electron chi connectivity index (χ3n) is 3.10. The zero-order valence-corrected chi connectivity index (χ0v) is 11.0. The van der Waals surface area contributed by atoms with Gasteiger partial charge in [0.05, 0.1) is 12.4 Å². The summed E-state index contributed by atoms with van der Waals surface area (Å²) >= 11 is 5.51. The largest absolute Gasteiger partial charge is 0.243 e. The van der Waals surface area contributed by atoms with Crippen LogP contribution in [0.2, 0.25) is 5.28 Å². The minimum Gasteiger partial charge on any atom is -0.225 e. The van der Waals surface area contributed by atoms with Crippen LogP contribution in [0.5, 0.6) is 0 Å². The molecule has 1 heterocycles. The van der Waals surface area contributed by atoms with Crippen molar-refractivity contribution in [1.29, 1.82) is 0 Å². The van der Waals surface area contributed by atoms with Crippen LogP contribution >= 0.6 is 11.6 Å². The Morgan fingerprint density at radius 2 is 2.00 bits per heavy atom. The zero-order chi connectivity index (χ0) is 12.5. The van der Waals surface area contributed by atoms with Crippen LogP contribution in [-0.4, -0.2) is 24.4 Å². The average Bonchev–Trinajstić information content (AvgIpc) is 2.14. The number of rotatable bonds is 4. The third kappa shape index (κ3) is 2.94. The van der Waals surface area contributed by atoms with Gasteiger partial charge in [-0.05, 0) is 37.3 Å². The Bertz CT molecular complexity index is 485. The predicted octanol–water partition coefficient (Wildman–Crippen LogP) is 1.60. The first kappa shape index (κ1) is 12.7. The fourth-order valence-electron chi connectivity index (χ4n) is 1.79. The van der Waals surface area contributed by atoms with Gasteiger partial charge < -0.3 is 0 Å². The SMILES string of the molecule is CC(NS(=O)(=O)c1cnc(Cl)nc1)C1CCC1. The normalized spacial score (nSPS) is 18.7. The van der Waals surface area contributed by atoms with Gasteiger partial charge >= 0.3 is 0 Å². The quantitative estimate of drug-likeness (QED) is 0.847. The Kier molecular flexibility index (Phi) is 3.65. The number of nitrogens with zero attached hydrogens (tertiary/aromatic N) is 2. The topological polar surface area (TPSA) is 72.0 Å². The first-order chi connectivity index (χ1) is 7.99. The molecule has 0 aromatic carbocycles. The Morgan fingerprint density at radius 1 is 1.41 bits per heavy atom. The third-order valence-corrected chi connectivity index (χ3v) is 4.81. The van der Waals surface area contributed by atoms with Crippen molar-refractivity contribution in [2.75, 3.05) is 0 Å². The Hall–Kier alpha value is -0.720. The number of hydrogen-bond donors (Lipinski definition) is 1. The first-order valence-electron chi connectivity index (χ1n) is 5.49. The summed E-state index contributed by atoms with van der Waals surface area (Å²) < 4.78 is 26.6. The van der Waals surface area contributed by atoms with Crippen LogP contribution < -0.4 is 4.72 Å². The molecule has 17 heavy (non-hydrogen) atoms. The average molecular weight is 276 g/mol. The molecular formula is C10H14ClN3O2S. The lowest BCUT2D eigenvalue weighted by molar-refractivity contribution is 0.260. The lowest BCUT2D eigenvalue weighted by Gasteiger charge is -2.31. The predicted molar refractivity (Wildman–Crippen MR) is 64.2 cm³/mol. The van der Waals surface area contributed by atoms with Crippen LogP contribution in [0.15, 0.2) is 17.3 Å². The van der Waals surface area contributed by atoms with Crippen molar-refractivity contribution >= 4 is 21.6 Å². The molecule has 1 aliphatic carbocycles. The van der Waals surface area contributed by atoms with E-state index < -0.39 is 10.0 Å². The second-order valence-electron chi connectivity index (χ2n) is 4.29. The summed E-state index contributed by atoms with van der Waals surface area (Å²) in [6, 6.07) is -0.0515. The molecule has 0 saturated heterocycles. The molecule has 0 spiro atoms. The van der Waals surface area contributed by atoms with Gasteiger partial charge in [0.1, 0.15) is 4.90 Å². The molecule has 0 bridgehead atoms. The van der Waals surface area contributed by atoms with E-state index in [0.29, 0.717) is 5.92 Å². The van der Waals surface area contributed by atoms with Crippen LogP contribution in [0.4, 0.5) is 0 Å². The van der Waals surface area contributed by atoms with Crippen LogP contribution in [0, 0.1) is 5.92 Å². The van der Waals surface area contributed by atoms with Crippen LogP contribution in [0.25, 0.3) is 0 Å². The Morgan fingerprint density at radius 3 is 2.47 bits per heavy atom. The van der Waals surface area contributed by atoms with E-state index in [-0.39, 0.29) is 16.2 Å². The summed E-state index contributed by atoms with van der Waals surface area (Å²) in [5.74, 6) is 0.443. The fraction of sp³-hybridized carbons (Fsp3) is 0.600. The molecule has 1 atom stereocenters. The molecule has 94 valence electrons. The smallest absolute Gasteiger partial charge is 0.225 e. The molecule has 1 unspecified atom stereocenters. The molecule has 1 aromatic heterocycles. The number of halogens is 1. The molecule has 1 N–H and O–H groups in total. The molecule has 1 saturated carbocycles. The summed E-state index contributed by atoms with van der Waals surface area (Å²) in [5.41, 5.74) is 0. The lowest BCUT2D eigenvalue weighted by Crippen LogP contribution is -2.40. The monoisotopic (exact) mass is 275 g/mol. The maximum atomic E-state index is 12.0. The number of hydrogen-bond acceptors (Lipinski definition) is 4. The molecule has 0 aliphatic heterocycles. The van der Waals surface area contributed by atoms with E-state index in [4.69, 9.17) is 11.6 Å². The summed E-state index contributed by atoms with van der Waals surface area (Å²) in [7, 11) is -3.53. The molecular weight excluding hydrogens is 262 g/mol. The highest BCUT2D eigenvalue weighted by Crippen LogP contribution is 2.29. The highest BCUT2D eigenvalue weighted by atomic mass is 35.5. The molecule has 0 amide bonds. The van der Waals surface area contributed by atoms with E-state index in [0.717, 1.165) is 12.8 Å². The van der Waals surface area contributed by atoms with Crippen molar-refractivity contribution in [3.63, 3.8) is 0 Å². The van der Waals surface area contributed by atoms with Gasteiger partial charge in [-0.3, -0.25) is 0 Å². The molecule has 1 aliphatic rings. The van der Waals surface area contributed by atoms with Crippen LogP contribution in [-0.2, 0) is 10.0 Å². The number of aromatic nitrogens is 2. The second-order valence-corrected chi connectivity index (χ2v) is 6.34. The van der Waals surface area contributed by atoms with Gasteiger partial charge in [-0.15, -0.1) is 0 Å². The van der Waals surface area contributed by atoms with Gasteiger partial charge in [-0.25, -0.2) is 23.1 Å². The molecule has 2 rings (SSSR count). The van der Waals surface area contributed by atoms with Gasteiger partial charge in [-0.2, -0.15) is 0 Å². The van der Waals surface area contributed by atoms with Gasteiger partial charge in [0, 0.05) is 6.04 Å². The second kappa shape index (κ2) is 4.88. The van der Waals surface area contributed by atoms with Gasteiger partial charge in [0.2, 0.25) is 15.3 Å². The summed E-state index contributed by atoms with van der Waals surface area (Å²) in [6.07, 6.45) is 5.78. The standard InChI is InChI=1S/C10H14ClN3O2S/c1-7(8-3-2-4-8)14-17(15,16)9-5-12-10(11)13-6-9/h5-8,14H,2-4H2,1H3. The van der Waals surface area contributed by atoms with Crippen LogP contribution in [0.3, 0.4) is 0 Å². The first-order valence-corrected chi connectivity index (χ1v) is 7.35. The minimum atomic E-state index is -3.53. The van der Waals surface area contributed by atoms with E-state index in [2.05, 4.69) is 14.7 Å². The van der Waals surface area contributed by atoms with Crippen molar-refractivity contribution in [2.24, 2.45) is 5.92 Å². The van der Waals surface area contributed by atoms with Crippen molar-refractivity contribution in [1.82, 2.24) is 14.7 Å². The zero-order valence-electron chi connectivity index (χ0n) is 9.43. The lowest BCUT2D eigenvalue weighted by atomic mass is 9.81. The van der Waals surface area contributed by atoms with Crippen molar-refractivity contribution in [2.45, 2.75) is 37.1 Å². The van der Waals surface area contributed by atoms with Crippen molar-refractivity contribution in [3.8, 4) is 0 Å². The summed E-state index contributed by atoms with van der Waals surface area (Å²) in [6.45, 7) is 1.89. The summed E-state index contributed by atoms with van der Waals surface area (Å²) in [4.78, 5) is 7.38. The van der Waals surface area contributed by atoms with E-state index in [9.17, 15) is 8.42 Å². The maximum Gasteiger partial charge on any atom is 0.243 e.